The molecule has 88 valence electrons. The second-order valence-corrected chi connectivity index (χ2v) is 5.05. The van der Waals surface area contributed by atoms with Crippen LogP contribution >= 0.6 is 11.8 Å². The number of aromatic nitrogens is 3. The molecule has 0 atom stereocenters. The maximum absolute atomic E-state index is 5.66. The summed E-state index contributed by atoms with van der Waals surface area (Å²) in [5, 5.41) is 9.39. The van der Waals surface area contributed by atoms with E-state index in [1.54, 1.807) is 11.8 Å². The predicted molar refractivity (Wildman–Crippen MR) is 66.3 cm³/mol. The van der Waals surface area contributed by atoms with Crippen molar-refractivity contribution in [3.05, 3.63) is 18.5 Å². The van der Waals surface area contributed by atoms with E-state index in [0.717, 1.165) is 29.6 Å². The molecular formula is C11H18N4S. The fraction of sp³-hybridized carbons (Fsp3) is 0.636. The molecule has 4 nitrogen and oxygen atoms in total. The van der Waals surface area contributed by atoms with Gasteiger partial charge in [0.25, 0.3) is 0 Å². The van der Waals surface area contributed by atoms with Gasteiger partial charge in [0.1, 0.15) is 5.82 Å². The lowest BCUT2D eigenvalue weighted by atomic mass is 10.3. The van der Waals surface area contributed by atoms with Crippen LogP contribution in [0, 0.1) is 0 Å². The van der Waals surface area contributed by atoms with E-state index in [1.165, 1.54) is 12.8 Å². The smallest absolute Gasteiger partial charge is 0.191 e. The first-order valence-corrected chi connectivity index (χ1v) is 6.73. The van der Waals surface area contributed by atoms with Crippen LogP contribution in [0.5, 0.6) is 0 Å². The number of rotatable bonds is 7. The van der Waals surface area contributed by atoms with Gasteiger partial charge in [0.2, 0.25) is 0 Å². The first-order valence-electron chi connectivity index (χ1n) is 5.74. The fourth-order valence-corrected chi connectivity index (χ4v) is 2.62. The van der Waals surface area contributed by atoms with Crippen molar-refractivity contribution in [1.29, 1.82) is 0 Å². The summed E-state index contributed by atoms with van der Waals surface area (Å²) in [5.74, 6) is 2.00. The van der Waals surface area contributed by atoms with E-state index in [4.69, 9.17) is 5.73 Å². The molecule has 0 spiro atoms. The zero-order valence-electron chi connectivity index (χ0n) is 9.43. The van der Waals surface area contributed by atoms with Crippen molar-refractivity contribution in [3.8, 4) is 0 Å². The van der Waals surface area contributed by atoms with Gasteiger partial charge < -0.3 is 10.3 Å². The second-order valence-electron chi connectivity index (χ2n) is 3.98. The van der Waals surface area contributed by atoms with Gasteiger partial charge in [-0.3, -0.25) is 0 Å². The predicted octanol–water partition coefficient (Wildman–Crippen LogP) is 2.13. The van der Waals surface area contributed by atoms with Gasteiger partial charge in [-0.15, -0.1) is 16.8 Å². The Morgan fingerprint density at radius 1 is 1.50 bits per heavy atom. The number of nitrogens with zero attached hydrogens (tertiary/aromatic N) is 3. The third kappa shape index (κ3) is 2.65. The first kappa shape index (κ1) is 11.7. The molecule has 2 N–H and O–H groups in total. The number of nitrogens with two attached hydrogens (primary N) is 1. The highest BCUT2D eigenvalue weighted by Crippen LogP contribution is 2.38. The SMILES string of the molecule is C=CCCCSc1nnc(CN)n1C1CC1. The van der Waals surface area contributed by atoms with E-state index in [2.05, 4.69) is 21.3 Å². The maximum Gasteiger partial charge on any atom is 0.191 e. The van der Waals surface area contributed by atoms with Crippen LogP contribution in [0.4, 0.5) is 0 Å². The number of allylic oxidation sites excluding steroid dienone is 1. The number of hydrogen-bond acceptors (Lipinski definition) is 4. The van der Waals surface area contributed by atoms with Crippen molar-refractivity contribution < 1.29 is 0 Å². The van der Waals surface area contributed by atoms with Gasteiger partial charge >= 0.3 is 0 Å². The van der Waals surface area contributed by atoms with Crippen LogP contribution in [-0.4, -0.2) is 20.5 Å². The van der Waals surface area contributed by atoms with Crippen molar-refractivity contribution >= 4 is 11.8 Å². The molecule has 0 radical (unpaired) electrons. The van der Waals surface area contributed by atoms with Crippen LogP contribution in [0.2, 0.25) is 0 Å². The molecule has 0 aromatic carbocycles. The van der Waals surface area contributed by atoms with Crippen molar-refractivity contribution in [1.82, 2.24) is 14.8 Å². The highest BCUT2D eigenvalue weighted by Gasteiger charge is 2.28. The summed E-state index contributed by atoms with van der Waals surface area (Å²) in [6, 6.07) is 0.607. The van der Waals surface area contributed by atoms with Gasteiger partial charge in [-0.05, 0) is 25.7 Å². The van der Waals surface area contributed by atoms with Gasteiger partial charge in [-0.25, -0.2) is 0 Å². The Bertz CT molecular complexity index is 357. The van der Waals surface area contributed by atoms with Crippen LogP contribution in [0.15, 0.2) is 17.8 Å². The summed E-state index contributed by atoms with van der Waals surface area (Å²) < 4.78 is 2.22. The van der Waals surface area contributed by atoms with Crippen molar-refractivity contribution in [2.75, 3.05) is 5.75 Å². The van der Waals surface area contributed by atoms with Gasteiger partial charge in [-0.2, -0.15) is 0 Å². The molecule has 1 fully saturated rings. The fourth-order valence-electron chi connectivity index (χ4n) is 1.64. The van der Waals surface area contributed by atoms with Gasteiger partial charge in [0, 0.05) is 11.8 Å². The molecule has 1 heterocycles. The molecule has 2 rings (SSSR count). The summed E-state index contributed by atoms with van der Waals surface area (Å²) in [7, 11) is 0. The topological polar surface area (TPSA) is 56.7 Å². The molecular weight excluding hydrogens is 220 g/mol. The Hall–Kier alpha value is -0.810. The lowest BCUT2D eigenvalue weighted by Gasteiger charge is -2.06. The standard InChI is InChI=1S/C11H18N4S/c1-2-3-4-7-16-11-14-13-10(8-12)15(11)9-5-6-9/h2,9H,1,3-8,12H2. The molecule has 0 unspecified atom stereocenters. The normalized spacial score (nSPS) is 15.3. The Labute approximate surface area is 100 Å². The van der Waals surface area contributed by atoms with E-state index in [0.29, 0.717) is 12.6 Å². The highest BCUT2D eigenvalue weighted by atomic mass is 32.2. The third-order valence-corrected chi connectivity index (χ3v) is 3.64. The van der Waals surface area contributed by atoms with Crippen LogP contribution in [0.3, 0.4) is 0 Å². The average molecular weight is 238 g/mol. The first-order chi connectivity index (χ1) is 7.86. The lowest BCUT2D eigenvalue weighted by molar-refractivity contribution is 0.626. The molecule has 1 aromatic rings. The van der Waals surface area contributed by atoms with Crippen molar-refractivity contribution in [2.24, 2.45) is 5.73 Å². The molecule has 1 saturated carbocycles. The van der Waals surface area contributed by atoms with Crippen LogP contribution in [0.1, 0.15) is 37.5 Å². The minimum absolute atomic E-state index is 0.483. The third-order valence-electron chi connectivity index (χ3n) is 2.61. The second kappa shape index (κ2) is 5.50. The molecule has 16 heavy (non-hydrogen) atoms. The van der Waals surface area contributed by atoms with E-state index < -0.39 is 0 Å². The quantitative estimate of drug-likeness (QED) is 0.449. The largest absolute Gasteiger partial charge is 0.324 e. The van der Waals surface area contributed by atoms with Gasteiger partial charge in [0.15, 0.2) is 5.16 Å². The zero-order valence-corrected chi connectivity index (χ0v) is 10.2. The molecule has 0 bridgehead atoms. The monoisotopic (exact) mass is 238 g/mol. The van der Waals surface area contributed by atoms with Gasteiger partial charge in [-0.1, -0.05) is 17.8 Å². The molecule has 0 aliphatic heterocycles. The van der Waals surface area contributed by atoms with E-state index in [9.17, 15) is 0 Å². The molecule has 0 saturated heterocycles. The van der Waals surface area contributed by atoms with E-state index in [-0.39, 0.29) is 0 Å². The molecule has 1 aromatic heterocycles. The summed E-state index contributed by atoms with van der Waals surface area (Å²) >= 11 is 1.78. The Balaban J connectivity index is 1.97. The van der Waals surface area contributed by atoms with E-state index >= 15 is 0 Å². The Kier molecular flexibility index (Phi) is 4.01. The highest BCUT2D eigenvalue weighted by molar-refractivity contribution is 7.99. The van der Waals surface area contributed by atoms with Crippen LogP contribution < -0.4 is 5.73 Å². The van der Waals surface area contributed by atoms with Crippen LogP contribution in [-0.2, 0) is 6.54 Å². The Morgan fingerprint density at radius 3 is 2.94 bits per heavy atom. The number of unbranched alkanes of at least 4 members (excludes halogenated alkanes) is 1. The van der Waals surface area contributed by atoms with Crippen molar-refractivity contribution in [2.45, 2.75) is 43.4 Å². The van der Waals surface area contributed by atoms with Crippen molar-refractivity contribution in [3.63, 3.8) is 0 Å². The summed E-state index contributed by atoms with van der Waals surface area (Å²) in [6.45, 7) is 4.20. The molecule has 1 aliphatic rings. The lowest BCUT2D eigenvalue weighted by Crippen LogP contribution is -2.08. The average Bonchev–Trinajstić information content (AvgIpc) is 3.06. The van der Waals surface area contributed by atoms with E-state index in [1.807, 2.05) is 6.08 Å². The van der Waals surface area contributed by atoms with Crippen LogP contribution in [0.25, 0.3) is 0 Å². The molecule has 1 aliphatic carbocycles. The minimum Gasteiger partial charge on any atom is -0.324 e. The Morgan fingerprint density at radius 2 is 2.31 bits per heavy atom. The summed E-state index contributed by atoms with van der Waals surface area (Å²) in [4.78, 5) is 0. The molecule has 0 amide bonds. The zero-order chi connectivity index (χ0) is 11.4. The number of thioether (sulfide) groups is 1. The minimum atomic E-state index is 0.483. The maximum atomic E-state index is 5.66. The summed E-state index contributed by atoms with van der Waals surface area (Å²) in [6.07, 6.45) is 6.64. The molecule has 5 heteroatoms. The number of hydrogen-bond donors (Lipinski definition) is 1. The summed E-state index contributed by atoms with van der Waals surface area (Å²) in [5.41, 5.74) is 5.66. The van der Waals surface area contributed by atoms with Gasteiger partial charge in [0.05, 0.1) is 6.54 Å².